The summed E-state index contributed by atoms with van der Waals surface area (Å²) in [6.07, 6.45) is 7.34. The maximum Gasteiger partial charge on any atom is 0.219 e. The molecule has 0 unspecified atom stereocenters. The molecule has 1 aliphatic heterocycles. The van der Waals surface area contributed by atoms with Crippen LogP contribution in [-0.2, 0) is 17.6 Å². The number of carbonyl (C=O) groups is 1. The van der Waals surface area contributed by atoms with Crippen LogP contribution in [0.5, 0.6) is 0 Å². The number of nitrogens with zero attached hydrogens (tertiary/aromatic N) is 4. The highest BCUT2D eigenvalue weighted by molar-refractivity contribution is 7.19. The summed E-state index contributed by atoms with van der Waals surface area (Å²) in [5.74, 6) is 1.27. The molecule has 2 aromatic rings. The molecule has 0 aromatic carbocycles. The van der Waals surface area contributed by atoms with E-state index < -0.39 is 0 Å². The van der Waals surface area contributed by atoms with Crippen molar-refractivity contribution in [1.82, 2.24) is 14.9 Å². The van der Waals surface area contributed by atoms with Crippen molar-refractivity contribution < 1.29 is 4.79 Å². The van der Waals surface area contributed by atoms with Gasteiger partial charge in [-0.1, -0.05) is 0 Å². The van der Waals surface area contributed by atoms with Crippen LogP contribution in [0.3, 0.4) is 0 Å². The number of fused-ring (bicyclic) bond motifs is 3. The molecule has 122 valence electrons. The second kappa shape index (κ2) is 5.74. The number of aromatic nitrogens is 2. The summed E-state index contributed by atoms with van der Waals surface area (Å²) in [5.41, 5.74) is 1.49. The summed E-state index contributed by atoms with van der Waals surface area (Å²) in [7, 11) is 1.91. The highest BCUT2D eigenvalue weighted by atomic mass is 32.1. The first-order chi connectivity index (χ1) is 11.1. The lowest BCUT2D eigenvalue weighted by Crippen LogP contribution is -2.45. The van der Waals surface area contributed by atoms with E-state index in [0.29, 0.717) is 6.04 Å². The van der Waals surface area contributed by atoms with E-state index in [0.717, 1.165) is 36.6 Å². The summed E-state index contributed by atoms with van der Waals surface area (Å²) in [5, 5.41) is 1.29. The number of hydrogen-bond acceptors (Lipinski definition) is 5. The van der Waals surface area contributed by atoms with Gasteiger partial charge in [0, 0.05) is 38.0 Å². The topological polar surface area (TPSA) is 49.3 Å². The van der Waals surface area contributed by atoms with E-state index in [-0.39, 0.29) is 5.91 Å². The lowest BCUT2D eigenvalue weighted by atomic mass is 10.0. The van der Waals surface area contributed by atoms with Crippen molar-refractivity contribution in [3.05, 3.63) is 16.8 Å². The molecule has 0 bridgehead atoms. The van der Waals surface area contributed by atoms with E-state index in [2.05, 4.69) is 14.9 Å². The Bertz CT molecular complexity index is 748. The molecule has 3 heterocycles. The fraction of sp³-hybridized carbons (Fsp3) is 0.588. The first-order valence-corrected chi connectivity index (χ1v) is 9.20. The van der Waals surface area contributed by atoms with Crippen LogP contribution < -0.4 is 4.90 Å². The minimum atomic E-state index is 0.156. The van der Waals surface area contributed by atoms with Crippen LogP contribution >= 0.6 is 11.3 Å². The van der Waals surface area contributed by atoms with Crippen LogP contribution in [0.15, 0.2) is 6.33 Å². The van der Waals surface area contributed by atoms with Gasteiger partial charge in [-0.05, 0) is 37.7 Å². The van der Waals surface area contributed by atoms with Crippen molar-refractivity contribution in [1.29, 1.82) is 0 Å². The fourth-order valence-corrected chi connectivity index (χ4v) is 5.10. The van der Waals surface area contributed by atoms with Gasteiger partial charge in [-0.3, -0.25) is 4.79 Å². The number of hydrogen-bond donors (Lipinski definition) is 0. The monoisotopic (exact) mass is 330 g/mol. The van der Waals surface area contributed by atoms with Crippen LogP contribution in [-0.4, -0.2) is 47.0 Å². The third-order valence-electron chi connectivity index (χ3n) is 5.29. The Balaban J connectivity index is 1.60. The highest BCUT2D eigenvalue weighted by Crippen LogP contribution is 2.40. The Hall–Kier alpha value is -1.69. The minimum Gasteiger partial charge on any atom is -0.356 e. The standard InChI is InChI=1S/C17H22N4OS/c1-11(22)20(2)12-6-8-21(9-7-12)16-15-13-4-3-5-14(13)23-17(15)19-10-18-16/h10,12H,3-9H2,1-2H3. The van der Waals surface area contributed by atoms with Gasteiger partial charge in [0.25, 0.3) is 0 Å². The molecule has 0 N–H and O–H groups in total. The van der Waals surface area contributed by atoms with Gasteiger partial charge in [0.2, 0.25) is 5.91 Å². The third-order valence-corrected chi connectivity index (χ3v) is 6.49. The number of carbonyl (C=O) groups excluding carboxylic acids is 1. The summed E-state index contributed by atoms with van der Waals surface area (Å²) in [4.78, 5) is 27.6. The number of anilines is 1. The first-order valence-electron chi connectivity index (χ1n) is 8.38. The molecule has 0 radical (unpaired) electrons. The molecule has 1 amide bonds. The van der Waals surface area contributed by atoms with Crippen molar-refractivity contribution in [2.75, 3.05) is 25.0 Å². The molecule has 5 nitrogen and oxygen atoms in total. The van der Waals surface area contributed by atoms with Crippen LogP contribution in [0, 0.1) is 0 Å². The zero-order valence-electron chi connectivity index (χ0n) is 13.7. The molecule has 4 rings (SSSR count). The second-order valence-electron chi connectivity index (χ2n) is 6.58. The van der Waals surface area contributed by atoms with Gasteiger partial charge in [0.05, 0.1) is 5.39 Å². The number of aryl methyl sites for hydroxylation is 2. The summed E-state index contributed by atoms with van der Waals surface area (Å²) in [6.45, 7) is 3.56. The van der Waals surface area contributed by atoms with Crippen LogP contribution in [0.1, 0.15) is 36.6 Å². The van der Waals surface area contributed by atoms with Crippen molar-refractivity contribution >= 4 is 33.3 Å². The lowest BCUT2D eigenvalue weighted by molar-refractivity contribution is -0.129. The average Bonchev–Trinajstić information content (AvgIpc) is 3.14. The van der Waals surface area contributed by atoms with Gasteiger partial charge in [0.1, 0.15) is 17.0 Å². The molecule has 0 spiro atoms. The zero-order valence-corrected chi connectivity index (χ0v) is 14.5. The van der Waals surface area contributed by atoms with Gasteiger partial charge in [0.15, 0.2) is 0 Å². The van der Waals surface area contributed by atoms with Crippen molar-refractivity contribution in [3.8, 4) is 0 Å². The number of amides is 1. The largest absolute Gasteiger partial charge is 0.356 e. The maximum atomic E-state index is 11.6. The van der Waals surface area contributed by atoms with Crippen LogP contribution in [0.2, 0.25) is 0 Å². The van der Waals surface area contributed by atoms with Crippen molar-refractivity contribution in [2.24, 2.45) is 0 Å². The Morgan fingerprint density at radius 3 is 2.83 bits per heavy atom. The van der Waals surface area contributed by atoms with E-state index in [1.165, 1.54) is 35.1 Å². The van der Waals surface area contributed by atoms with Gasteiger partial charge < -0.3 is 9.80 Å². The molecular weight excluding hydrogens is 308 g/mol. The Morgan fingerprint density at radius 2 is 2.09 bits per heavy atom. The molecule has 1 aliphatic carbocycles. The molecule has 2 aromatic heterocycles. The van der Waals surface area contributed by atoms with E-state index in [4.69, 9.17) is 0 Å². The predicted octanol–water partition coefficient (Wildman–Crippen LogP) is 2.63. The summed E-state index contributed by atoms with van der Waals surface area (Å²) in [6, 6.07) is 0.356. The number of thiophene rings is 1. The van der Waals surface area contributed by atoms with Gasteiger partial charge >= 0.3 is 0 Å². The van der Waals surface area contributed by atoms with E-state index in [1.807, 2.05) is 23.3 Å². The summed E-state index contributed by atoms with van der Waals surface area (Å²) >= 11 is 1.84. The molecule has 0 saturated carbocycles. The third kappa shape index (κ3) is 2.49. The molecule has 1 fully saturated rings. The quantitative estimate of drug-likeness (QED) is 0.849. The maximum absolute atomic E-state index is 11.6. The van der Waals surface area contributed by atoms with Gasteiger partial charge in [-0.15, -0.1) is 11.3 Å². The Morgan fingerprint density at radius 1 is 1.30 bits per heavy atom. The predicted molar refractivity (Wildman–Crippen MR) is 93.1 cm³/mol. The molecule has 6 heteroatoms. The van der Waals surface area contributed by atoms with Gasteiger partial charge in [-0.2, -0.15) is 0 Å². The van der Waals surface area contributed by atoms with Gasteiger partial charge in [-0.25, -0.2) is 9.97 Å². The molecular formula is C17H22N4OS. The van der Waals surface area contributed by atoms with E-state index in [1.54, 1.807) is 13.3 Å². The SMILES string of the molecule is CC(=O)N(C)C1CCN(c2ncnc3sc4c(c23)CCC4)CC1. The Kier molecular flexibility index (Phi) is 3.71. The van der Waals surface area contributed by atoms with E-state index in [9.17, 15) is 4.79 Å². The number of piperidine rings is 1. The first kappa shape index (κ1) is 14.9. The molecule has 2 aliphatic rings. The molecule has 0 atom stereocenters. The second-order valence-corrected chi connectivity index (χ2v) is 7.67. The smallest absolute Gasteiger partial charge is 0.219 e. The zero-order chi connectivity index (χ0) is 16.0. The fourth-order valence-electron chi connectivity index (χ4n) is 3.87. The highest BCUT2D eigenvalue weighted by Gasteiger charge is 2.28. The average molecular weight is 330 g/mol. The van der Waals surface area contributed by atoms with Crippen LogP contribution in [0.25, 0.3) is 10.2 Å². The lowest BCUT2D eigenvalue weighted by Gasteiger charge is -2.37. The molecule has 23 heavy (non-hydrogen) atoms. The number of rotatable bonds is 2. The summed E-state index contributed by atoms with van der Waals surface area (Å²) < 4.78 is 0. The van der Waals surface area contributed by atoms with Crippen LogP contribution in [0.4, 0.5) is 5.82 Å². The van der Waals surface area contributed by atoms with Crippen molar-refractivity contribution in [3.63, 3.8) is 0 Å². The minimum absolute atomic E-state index is 0.156. The van der Waals surface area contributed by atoms with E-state index >= 15 is 0 Å². The normalized spacial score (nSPS) is 18.4. The van der Waals surface area contributed by atoms with Crippen molar-refractivity contribution in [2.45, 2.75) is 45.1 Å². The molecule has 1 saturated heterocycles. The Labute approximate surface area is 140 Å².